The van der Waals surface area contributed by atoms with E-state index < -0.39 is 254 Å². The van der Waals surface area contributed by atoms with Crippen molar-refractivity contribution in [2.75, 3.05) is 26.2 Å². The first kappa shape index (κ1) is 103. The van der Waals surface area contributed by atoms with E-state index in [-0.39, 0.29) is 109 Å². The van der Waals surface area contributed by atoms with Gasteiger partial charge in [-0.2, -0.15) is 0 Å². The smallest absolute Gasteiger partial charge is 0.410 e. The van der Waals surface area contributed by atoms with Crippen molar-refractivity contribution in [2.45, 2.75) is 225 Å². The van der Waals surface area contributed by atoms with E-state index in [1.54, 1.807) is 50.2 Å². The van der Waals surface area contributed by atoms with Crippen LogP contribution in [0.1, 0.15) is 148 Å². The summed E-state index contributed by atoms with van der Waals surface area (Å²) in [5, 5.41) is 13.4. The number of ether oxygens (including phenoxy) is 4. The number of para-hydroxylation sites is 1. The van der Waals surface area contributed by atoms with Crippen molar-refractivity contribution in [3.05, 3.63) is 199 Å². The number of esters is 1. The van der Waals surface area contributed by atoms with Crippen LogP contribution in [0.15, 0.2) is 142 Å². The fraction of sp³-hybridized carbons (Fsp3) is 0.468. The minimum atomic E-state index is -3.94. The Labute approximate surface area is 809 Å². The first-order valence-electron chi connectivity index (χ1n) is 45.7. The lowest BCUT2D eigenvalue weighted by atomic mass is 10.0. The van der Waals surface area contributed by atoms with Crippen LogP contribution in [0.2, 0.25) is 0 Å². The summed E-state index contributed by atoms with van der Waals surface area (Å²) in [7, 11) is -11.8. The summed E-state index contributed by atoms with van der Waals surface area (Å²) in [5.74, 6) is -13.2. The molecule has 47 heteroatoms. The number of benzene rings is 4. The van der Waals surface area contributed by atoms with Gasteiger partial charge in [-0.25, -0.2) is 52.8 Å². The number of amides is 15. The van der Waals surface area contributed by atoms with E-state index in [1.165, 1.54) is 94.1 Å². The van der Waals surface area contributed by atoms with Gasteiger partial charge in [0, 0.05) is 80.3 Å². The van der Waals surface area contributed by atoms with Crippen LogP contribution in [0.25, 0.3) is 0 Å². The second-order valence-electron chi connectivity index (χ2n) is 37.2. The summed E-state index contributed by atoms with van der Waals surface area (Å²) in [6.07, 6.45) is 3.42. The molecule has 9 fully saturated rings. The Balaban J connectivity index is 0.000000169. The van der Waals surface area contributed by atoms with Crippen molar-refractivity contribution >= 4 is 125 Å². The van der Waals surface area contributed by atoms with Crippen LogP contribution in [0.3, 0.4) is 0 Å². The topological polar surface area (TPSA) is 540 Å². The van der Waals surface area contributed by atoms with E-state index in [1.807, 2.05) is 0 Å². The van der Waals surface area contributed by atoms with Gasteiger partial charge < -0.3 is 65.5 Å². The van der Waals surface area contributed by atoms with E-state index in [0.717, 1.165) is 22.0 Å². The summed E-state index contributed by atoms with van der Waals surface area (Å²) in [5.41, 5.74) is -1.82. The van der Waals surface area contributed by atoms with E-state index in [9.17, 15) is 115 Å². The SMILES string of the molecule is C=CC(=O)N[C@@H](C(=O)N1C[C@H](OC(=O)N2Cc3cccc(F)c3C2)C[C@H]1C(=O)N[C@]1(C(=O)NS(=O)(=O)C2CC2)C[C@H]1C=C)C(C)C.C=CC(=O)N[C@H](C)C(=O)N1C[C@H](OC(=O)N2Cc3cccc(F)c3C2)C[C@H]1C(=O)N[C@]1(C(=O)NS(=O)(=O)C2CC2)C[C@H]1C=C.C=C[C@@H]1C[C@]1(NC(=O)[C@@H]1C[C@@H](OC(=O)N2Cc3cccc(F)c3C2)CN1C(=O)CNC(=O)c1ccccc1OC(C)=O)C(=O)NS(=O)(=O)C1CC1. The Morgan fingerprint density at radius 1 is 0.447 bits per heavy atom. The second kappa shape index (κ2) is 41.1. The highest BCUT2D eigenvalue weighted by atomic mass is 32.2. The summed E-state index contributed by atoms with van der Waals surface area (Å²) >= 11 is 0. The molecule has 12 aliphatic rings. The van der Waals surface area contributed by atoms with Gasteiger partial charge >= 0.3 is 24.2 Å². The molecular weight excluding hydrogens is 1910 g/mol. The molecule has 0 bridgehead atoms. The van der Waals surface area contributed by atoms with Gasteiger partial charge in [-0.3, -0.25) is 91.2 Å². The van der Waals surface area contributed by atoms with Gasteiger partial charge in [0.25, 0.3) is 23.6 Å². The fourth-order valence-corrected chi connectivity index (χ4v) is 22.2. The molecule has 0 spiro atoms. The Bertz CT molecular complexity index is 6240. The molecule has 3 saturated heterocycles. The Morgan fingerprint density at radius 3 is 1.11 bits per heavy atom. The van der Waals surface area contributed by atoms with Crippen LogP contribution in [0, 0.1) is 41.1 Å². The van der Waals surface area contributed by atoms with Gasteiger partial charge in [0.2, 0.25) is 77.3 Å². The molecule has 0 unspecified atom stereocenters. The highest BCUT2D eigenvalue weighted by Crippen LogP contribution is 2.49. The molecule has 6 aliphatic carbocycles. The number of nitrogens with one attached hydrogen (secondary N) is 9. The average molecular weight is 2020 g/mol. The van der Waals surface area contributed by atoms with Gasteiger partial charge in [-0.1, -0.05) is 93.8 Å². The number of sulfonamides is 3. The van der Waals surface area contributed by atoms with Crippen LogP contribution in [0.5, 0.6) is 5.75 Å². The molecule has 4 aromatic carbocycles. The Kier molecular flexibility index (Phi) is 30.1. The van der Waals surface area contributed by atoms with Crippen LogP contribution in [0.4, 0.5) is 27.6 Å². The van der Waals surface area contributed by atoms with Crippen molar-refractivity contribution in [2.24, 2.45) is 23.7 Å². The second-order valence-corrected chi connectivity index (χ2v) is 43.1. The van der Waals surface area contributed by atoms with Crippen molar-refractivity contribution in [3.63, 3.8) is 0 Å². The van der Waals surface area contributed by atoms with Crippen LogP contribution in [-0.2, 0) is 141 Å². The molecule has 41 nitrogen and oxygen atoms in total. The minimum absolute atomic E-state index is 0.00488. The largest absolute Gasteiger partial charge is 0.444 e. The van der Waals surface area contributed by atoms with Gasteiger partial charge in [-0.05, 0) is 130 Å². The number of carbonyl (C=O) groups is 16. The minimum Gasteiger partial charge on any atom is -0.444 e. The van der Waals surface area contributed by atoms with E-state index in [4.69, 9.17) is 18.9 Å². The van der Waals surface area contributed by atoms with E-state index >= 15 is 0 Å². The van der Waals surface area contributed by atoms with E-state index in [2.05, 4.69) is 79.0 Å². The monoisotopic (exact) mass is 2020 g/mol. The van der Waals surface area contributed by atoms with Gasteiger partial charge in [0.1, 0.15) is 88.3 Å². The molecule has 0 aromatic heterocycles. The molecule has 4 aromatic rings. The third-order valence-corrected chi connectivity index (χ3v) is 32.3. The first-order valence-corrected chi connectivity index (χ1v) is 50.3. The van der Waals surface area contributed by atoms with Gasteiger partial charge in [0.15, 0.2) is 0 Å². The maximum Gasteiger partial charge on any atom is 0.410 e. The quantitative estimate of drug-likeness (QED) is 0.0111. The normalized spacial score (nSPS) is 25.0. The molecular formula is C94H108F3N15O26S3. The number of rotatable bonds is 32. The summed E-state index contributed by atoms with van der Waals surface area (Å²) in [4.78, 5) is 217. The molecule has 6 saturated carbocycles. The van der Waals surface area contributed by atoms with Crippen molar-refractivity contribution in [3.8, 4) is 5.75 Å². The average Bonchev–Trinajstić information content (AvgIpc) is 1.58. The van der Waals surface area contributed by atoms with Crippen molar-refractivity contribution in [1.82, 2.24) is 75.5 Å². The molecule has 6 aliphatic heterocycles. The number of likely N-dealkylation sites (tertiary alicyclic amines) is 3. The molecule has 6 heterocycles. The highest BCUT2D eigenvalue weighted by molar-refractivity contribution is 7.91. The highest BCUT2D eigenvalue weighted by Gasteiger charge is 2.65. The Hall–Kier alpha value is -13.9. The van der Waals surface area contributed by atoms with Crippen molar-refractivity contribution < 1.29 is 134 Å². The molecule has 15 amide bonds. The lowest BCUT2D eigenvalue weighted by Crippen LogP contribution is -2.59. The van der Waals surface area contributed by atoms with Gasteiger partial charge in [0.05, 0.1) is 67.1 Å². The number of carbonyl (C=O) groups excluding carboxylic acids is 16. The lowest BCUT2D eigenvalue weighted by Gasteiger charge is -2.31. The number of hydrogen-bond acceptors (Lipinski definition) is 26. The lowest BCUT2D eigenvalue weighted by molar-refractivity contribution is -0.143. The third-order valence-electron chi connectivity index (χ3n) is 26.8. The first-order chi connectivity index (χ1) is 66.7. The summed E-state index contributed by atoms with van der Waals surface area (Å²) in [6, 6.07) is 13.6. The molecule has 0 radical (unpaired) electrons. The number of halogens is 3. The predicted molar refractivity (Wildman–Crippen MR) is 491 cm³/mol. The molecule has 141 heavy (non-hydrogen) atoms. The van der Waals surface area contributed by atoms with E-state index in [0.29, 0.717) is 71.9 Å². The number of nitrogens with zero attached hydrogens (tertiary/aromatic N) is 6. The standard InChI is InChI=1S/C34H36FN5O10S.C31H38FN5O8S.C29H34FN5O8S/c1-3-21-14-34(21,32(45)38-51(47,48)23-11-12-23)37-31(44)27-13-22(50-33(46)39-16-20-7-6-9-26(35)25(20)18-39)17-40(27)29(42)15-36-30(43)24-8-4-5-10-28(24)49-19(2)41;1-5-19-13-31(19,29(41)35-46(43,44)21-10-11-21)34-27(39)24-12-20(15-37(24)28(40)26(17(3)4)33-25(38)6-2)45-30(42)36-14-18-8-7-9-23(32)22(18)16-36;1-4-18-12-29(18,27(39)33-44(41,42)20-9-10-20)32-25(37)23-11-19(14-35(23)26(38)16(3)31-24(36)5-2)43-28(40)34-13-17-7-6-8-22(30)21(17)15-34/h3-10,21-23,27H,1,11-18H2,2H3,(H,36,43)(H,37,44)(H,38,45);5-9,17,19-21,24,26H,1-2,10-16H2,3-4H3,(H,33,38)(H,34,39)(H,35,41);4-8,16,18-20,23H,1-2,9-15H2,3H3,(H,31,36)(H,32,37)(H,33,39)/t21-,22-,27+,34-;19-,20-,24+,26-,31-;16-,18-,19-,23+,29-/m111/s1. The van der Waals surface area contributed by atoms with Crippen LogP contribution >= 0.6 is 0 Å². The summed E-state index contributed by atoms with van der Waals surface area (Å²) < 4.78 is 146. The molecule has 754 valence electrons. The zero-order valence-electron chi connectivity index (χ0n) is 77.3. The zero-order chi connectivity index (χ0) is 102. The van der Waals surface area contributed by atoms with Crippen LogP contribution in [-0.4, -0.2) is 257 Å². The Morgan fingerprint density at radius 2 is 0.787 bits per heavy atom. The third kappa shape index (κ3) is 22.8. The zero-order valence-corrected chi connectivity index (χ0v) is 79.8. The number of hydrogen-bond donors (Lipinski definition) is 9. The number of fused-ring (bicyclic) bond motifs is 3. The predicted octanol–water partition coefficient (Wildman–Crippen LogP) is 3.12. The van der Waals surface area contributed by atoms with Crippen molar-refractivity contribution in [1.29, 1.82) is 0 Å². The molecule has 9 N–H and O–H groups in total. The van der Waals surface area contributed by atoms with Crippen LogP contribution < -0.4 is 50.8 Å². The van der Waals surface area contributed by atoms with Gasteiger partial charge in [-0.15, -0.1) is 19.7 Å². The fourth-order valence-electron chi connectivity index (χ4n) is 18.1. The maximum atomic E-state index is 14.3. The molecule has 16 rings (SSSR count). The molecule has 14 atom stereocenters. The summed E-state index contributed by atoms with van der Waals surface area (Å²) in [6.45, 7) is 22.8. The maximum absolute atomic E-state index is 14.3.